The van der Waals surface area contributed by atoms with Crippen molar-refractivity contribution >= 4 is 40.3 Å². The van der Waals surface area contributed by atoms with Crippen molar-refractivity contribution < 1.29 is 35.5 Å². The van der Waals surface area contributed by atoms with E-state index < -0.39 is 40.8 Å². The van der Waals surface area contributed by atoms with E-state index in [4.69, 9.17) is 0 Å². The predicted octanol–water partition coefficient (Wildman–Crippen LogP) is 4.25. The van der Waals surface area contributed by atoms with E-state index in [1.807, 2.05) is 0 Å². The highest BCUT2D eigenvalue weighted by molar-refractivity contribution is 8.15. The van der Waals surface area contributed by atoms with Gasteiger partial charge in [0.1, 0.15) is 5.82 Å². The van der Waals surface area contributed by atoms with Crippen LogP contribution in [-0.2, 0) is 4.79 Å². The first-order valence-corrected chi connectivity index (χ1v) is 8.71. The molecule has 1 aliphatic rings. The average molecular weight is 421 g/mol. The van der Waals surface area contributed by atoms with Gasteiger partial charge in [0.25, 0.3) is 0 Å². The van der Waals surface area contributed by atoms with Crippen LogP contribution >= 0.6 is 23.5 Å². The molecule has 26 heavy (non-hydrogen) atoms. The molecule has 0 aliphatic carbocycles. The number of amidine groups is 1. The van der Waals surface area contributed by atoms with Gasteiger partial charge in [-0.1, -0.05) is 11.8 Å². The molecule has 1 aromatic rings. The van der Waals surface area contributed by atoms with Gasteiger partial charge in [-0.3, -0.25) is 9.69 Å². The highest BCUT2D eigenvalue weighted by Gasteiger charge is 2.35. The smallest absolute Gasteiger partial charge is 0.273 e. The summed E-state index contributed by atoms with van der Waals surface area (Å²) in [4.78, 5) is 12.6. The molecule has 0 spiro atoms. The molecule has 0 atom stereocenters. The van der Waals surface area contributed by atoms with Crippen LogP contribution in [-0.4, -0.2) is 35.1 Å². The summed E-state index contributed by atoms with van der Waals surface area (Å²) in [5.74, 6) is -3.23. The van der Waals surface area contributed by atoms with Gasteiger partial charge in [-0.2, -0.15) is 13.2 Å². The summed E-state index contributed by atoms with van der Waals surface area (Å²) in [6, 6.07) is 1.91. The number of hydrogen-bond acceptors (Lipinski definition) is 5. The van der Waals surface area contributed by atoms with Gasteiger partial charge in [0.05, 0.1) is 17.2 Å². The van der Waals surface area contributed by atoms with Gasteiger partial charge in [0.2, 0.25) is 5.91 Å². The van der Waals surface area contributed by atoms with Gasteiger partial charge in [-0.25, -0.2) is 9.82 Å². The van der Waals surface area contributed by atoms with Crippen molar-refractivity contribution in [3.63, 3.8) is 0 Å². The second kappa shape index (κ2) is 7.55. The summed E-state index contributed by atoms with van der Waals surface area (Å²) in [5.41, 5.74) is 0.612. The fourth-order valence-corrected chi connectivity index (χ4v) is 3.54. The number of rotatable bonds is 4. The molecule has 1 heterocycles. The molecule has 2 rings (SSSR count). The number of amides is 1. The van der Waals surface area contributed by atoms with Crippen molar-refractivity contribution in [2.24, 2.45) is 5.10 Å². The minimum absolute atomic E-state index is 0.0477. The van der Waals surface area contributed by atoms with Crippen molar-refractivity contribution in [3.8, 4) is 0 Å². The molecule has 1 aromatic carbocycles. The lowest BCUT2D eigenvalue weighted by Gasteiger charge is -2.19. The van der Waals surface area contributed by atoms with E-state index in [1.165, 1.54) is 6.92 Å². The maximum absolute atomic E-state index is 14.2. The van der Waals surface area contributed by atoms with E-state index in [1.54, 1.807) is 0 Å². The zero-order chi connectivity index (χ0) is 19.7. The summed E-state index contributed by atoms with van der Waals surface area (Å²) in [6.07, 6.45) is -9.32. The van der Waals surface area contributed by atoms with Crippen LogP contribution in [0.1, 0.15) is 5.56 Å². The molecule has 1 fully saturated rings. The zero-order valence-corrected chi connectivity index (χ0v) is 14.5. The summed E-state index contributed by atoms with van der Waals surface area (Å²) in [7, 11) is 0. The first-order chi connectivity index (χ1) is 11.9. The summed E-state index contributed by atoms with van der Waals surface area (Å²) in [6.45, 7) is 1.38. The molecule has 0 bridgehead atoms. The van der Waals surface area contributed by atoms with Crippen LogP contribution in [0.4, 0.5) is 36.4 Å². The van der Waals surface area contributed by atoms with Crippen molar-refractivity contribution in [2.45, 2.75) is 24.3 Å². The van der Waals surface area contributed by atoms with Gasteiger partial charge < -0.3 is 0 Å². The molecule has 4 nitrogen and oxygen atoms in total. The Labute approximate surface area is 151 Å². The number of hydrazone groups is 1. The second-order valence-electron chi connectivity index (χ2n) is 4.99. The number of benzene rings is 1. The number of halogens is 7. The minimum Gasteiger partial charge on any atom is -0.273 e. The zero-order valence-electron chi connectivity index (χ0n) is 12.8. The third-order valence-electron chi connectivity index (χ3n) is 2.92. The first kappa shape index (κ1) is 20.7. The van der Waals surface area contributed by atoms with Gasteiger partial charge in [-0.05, 0) is 24.6 Å². The molecular formula is C13H10F7N3OS2. The Hall–Kier alpha value is -1.63. The van der Waals surface area contributed by atoms with Crippen molar-refractivity contribution in [2.75, 3.05) is 16.4 Å². The maximum atomic E-state index is 14.2. The van der Waals surface area contributed by atoms with Crippen molar-refractivity contribution in [1.29, 1.82) is 0 Å². The normalized spacial score (nSPS) is 17.3. The Morgan fingerprint density at radius 2 is 1.92 bits per heavy atom. The largest absolute Gasteiger partial charge is 0.497 e. The molecule has 0 radical (unpaired) electrons. The van der Waals surface area contributed by atoms with E-state index in [-0.39, 0.29) is 16.2 Å². The maximum Gasteiger partial charge on any atom is 0.497 e. The minimum atomic E-state index is -4.86. The number of carbonyl (C=O) groups excluding carboxylic acids is 1. The van der Waals surface area contributed by atoms with Crippen LogP contribution in [0.3, 0.4) is 0 Å². The number of nitrogens with one attached hydrogen (secondary N) is 1. The fourth-order valence-electron chi connectivity index (χ4n) is 1.92. The quantitative estimate of drug-likeness (QED) is 0.342. The van der Waals surface area contributed by atoms with Gasteiger partial charge in [-0.15, -0.1) is 30.0 Å². The topological polar surface area (TPSA) is 44.7 Å². The van der Waals surface area contributed by atoms with Crippen LogP contribution in [0.15, 0.2) is 22.1 Å². The number of aryl methyl sites for hydroxylation is 1. The monoisotopic (exact) mass is 421 g/mol. The molecule has 0 unspecified atom stereocenters. The SMILES string of the molecule is Cc1cc(F)c(N2C(=O)CS/C2=N\NC(F)(F)F)cc1SCC(F)(F)F. The average Bonchev–Trinajstić information content (AvgIpc) is 2.84. The predicted molar refractivity (Wildman–Crippen MR) is 84.5 cm³/mol. The number of hydrogen-bond donors (Lipinski definition) is 1. The summed E-state index contributed by atoms with van der Waals surface area (Å²) in [5, 5.41) is 2.58. The van der Waals surface area contributed by atoms with Crippen LogP contribution in [0.5, 0.6) is 0 Å². The molecule has 1 aliphatic heterocycles. The molecule has 1 N–H and O–H groups in total. The Morgan fingerprint density at radius 1 is 1.27 bits per heavy atom. The Balaban J connectivity index is 2.37. The molecule has 13 heteroatoms. The summed E-state index contributed by atoms with van der Waals surface area (Å²) >= 11 is 1.02. The van der Waals surface area contributed by atoms with E-state index in [9.17, 15) is 35.5 Å². The van der Waals surface area contributed by atoms with E-state index >= 15 is 0 Å². The molecular weight excluding hydrogens is 411 g/mol. The van der Waals surface area contributed by atoms with Crippen molar-refractivity contribution in [3.05, 3.63) is 23.5 Å². The summed E-state index contributed by atoms with van der Waals surface area (Å²) < 4.78 is 88.1. The van der Waals surface area contributed by atoms with Crippen LogP contribution < -0.4 is 10.3 Å². The first-order valence-electron chi connectivity index (χ1n) is 6.74. The number of carbonyl (C=O) groups is 1. The third kappa shape index (κ3) is 5.43. The highest BCUT2D eigenvalue weighted by atomic mass is 32.2. The second-order valence-corrected chi connectivity index (χ2v) is 6.95. The lowest BCUT2D eigenvalue weighted by Crippen LogP contribution is -2.34. The van der Waals surface area contributed by atoms with Crippen LogP contribution in [0, 0.1) is 12.7 Å². The Kier molecular flexibility index (Phi) is 6.00. The van der Waals surface area contributed by atoms with Crippen LogP contribution in [0.25, 0.3) is 0 Å². The van der Waals surface area contributed by atoms with Crippen LogP contribution in [0.2, 0.25) is 0 Å². The van der Waals surface area contributed by atoms with Gasteiger partial charge in [0.15, 0.2) is 5.17 Å². The van der Waals surface area contributed by atoms with Crippen molar-refractivity contribution in [1.82, 2.24) is 5.43 Å². The lowest BCUT2D eigenvalue weighted by atomic mass is 10.2. The van der Waals surface area contributed by atoms with E-state index in [0.29, 0.717) is 28.4 Å². The third-order valence-corrected chi connectivity index (χ3v) is 5.07. The van der Waals surface area contributed by atoms with E-state index in [0.717, 1.165) is 17.6 Å². The number of alkyl halides is 6. The molecule has 144 valence electrons. The number of anilines is 1. The van der Waals surface area contributed by atoms with E-state index in [2.05, 4.69) is 5.10 Å². The molecule has 0 aromatic heterocycles. The number of thioether (sulfide) groups is 2. The number of nitrogens with zero attached hydrogens (tertiary/aromatic N) is 2. The van der Waals surface area contributed by atoms with Gasteiger partial charge in [0, 0.05) is 4.90 Å². The molecule has 0 saturated carbocycles. The highest BCUT2D eigenvalue weighted by Crippen LogP contribution is 2.36. The Bertz CT molecular complexity index is 734. The fraction of sp³-hybridized carbons (Fsp3) is 0.385. The van der Waals surface area contributed by atoms with Gasteiger partial charge >= 0.3 is 12.5 Å². The molecule has 1 saturated heterocycles. The standard InChI is InChI=1S/C13H10F7N3OS2/c1-6-2-7(14)8(3-9(6)26-5-12(15,16)17)23-10(24)4-25-11(23)21-22-13(18,19)20/h2-3,22H,4-5H2,1H3/b21-11-. The Morgan fingerprint density at radius 3 is 2.50 bits per heavy atom. The lowest BCUT2D eigenvalue weighted by molar-refractivity contribution is -0.156. The molecule has 1 amide bonds.